The van der Waals surface area contributed by atoms with Crippen LogP contribution in [0.15, 0.2) is 0 Å². The van der Waals surface area contributed by atoms with Crippen LogP contribution in [-0.4, -0.2) is 66.3 Å². The van der Waals surface area contributed by atoms with Gasteiger partial charge in [0.05, 0.1) is 6.61 Å². The highest BCUT2D eigenvalue weighted by Gasteiger charge is 2.34. The molecular formula is C11H20N2O4. The Kier molecular flexibility index (Phi) is 5.21. The fourth-order valence-corrected chi connectivity index (χ4v) is 1.72. The lowest BCUT2D eigenvalue weighted by molar-refractivity contribution is -0.137. The van der Waals surface area contributed by atoms with E-state index in [-0.39, 0.29) is 12.6 Å². The zero-order valence-electron chi connectivity index (χ0n) is 10.4. The summed E-state index contributed by atoms with van der Waals surface area (Å²) in [7, 11) is 1.53. The Balaban J connectivity index is 2.58. The molecule has 0 aromatic heterocycles. The zero-order chi connectivity index (χ0) is 12.8. The Labute approximate surface area is 101 Å². The summed E-state index contributed by atoms with van der Waals surface area (Å²) in [6.45, 7) is 2.91. The molecule has 17 heavy (non-hydrogen) atoms. The molecule has 2 amide bonds. The third-order valence-corrected chi connectivity index (χ3v) is 2.74. The smallest absolute Gasteiger partial charge is 0.323 e. The Morgan fingerprint density at radius 2 is 2.06 bits per heavy atom. The first-order valence-corrected chi connectivity index (χ1v) is 5.86. The molecule has 0 unspecified atom stereocenters. The molecule has 6 nitrogen and oxygen atoms in total. The molecule has 1 rings (SSSR count). The average molecular weight is 244 g/mol. The number of carbonyl (C=O) groups is 2. The van der Waals surface area contributed by atoms with Crippen LogP contribution in [0.2, 0.25) is 0 Å². The van der Waals surface area contributed by atoms with Crippen molar-refractivity contribution in [1.29, 1.82) is 0 Å². The van der Waals surface area contributed by atoms with Crippen LogP contribution in [0.25, 0.3) is 0 Å². The van der Waals surface area contributed by atoms with E-state index in [1.54, 1.807) is 4.90 Å². The quantitative estimate of drug-likeness (QED) is 0.713. The molecule has 1 aliphatic rings. The number of methoxy groups -OCH3 is 1. The van der Waals surface area contributed by atoms with Crippen LogP contribution >= 0.6 is 0 Å². The van der Waals surface area contributed by atoms with Crippen molar-refractivity contribution in [3.05, 3.63) is 0 Å². The van der Waals surface area contributed by atoms with Gasteiger partial charge in [-0.3, -0.25) is 4.79 Å². The van der Waals surface area contributed by atoms with Crippen molar-refractivity contribution in [3.63, 3.8) is 0 Å². The lowest BCUT2D eigenvalue weighted by Gasteiger charge is -2.28. The van der Waals surface area contributed by atoms with Gasteiger partial charge in [0.1, 0.15) is 6.54 Å². The number of ether oxygens (including phenoxy) is 1. The number of urea groups is 1. The van der Waals surface area contributed by atoms with Crippen LogP contribution in [0.5, 0.6) is 0 Å². The van der Waals surface area contributed by atoms with E-state index in [4.69, 9.17) is 9.84 Å². The molecular weight excluding hydrogens is 224 g/mol. The van der Waals surface area contributed by atoms with Crippen LogP contribution in [-0.2, 0) is 9.53 Å². The first-order chi connectivity index (χ1) is 8.10. The number of rotatable bonds is 7. The van der Waals surface area contributed by atoms with Crippen LogP contribution < -0.4 is 0 Å². The highest BCUT2D eigenvalue weighted by Crippen LogP contribution is 2.27. The molecule has 1 aliphatic carbocycles. The number of amides is 2. The van der Waals surface area contributed by atoms with Crippen LogP contribution in [0, 0.1) is 0 Å². The second-order valence-electron chi connectivity index (χ2n) is 4.11. The van der Waals surface area contributed by atoms with Gasteiger partial charge in [-0.05, 0) is 19.8 Å². The van der Waals surface area contributed by atoms with E-state index in [9.17, 15) is 9.59 Å². The highest BCUT2D eigenvalue weighted by atomic mass is 16.5. The van der Waals surface area contributed by atoms with E-state index in [0.29, 0.717) is 25.7 Å². The molecule has 0 aliphatic heterocycles. The third kappa shape index (κ3) is 4.22. The molecule has 1 N–H and O–H groups in total. The number of carbonyl (C=O) groups excluding carboxylic acids is 1. The maximum absolute atomic E-state index is 12.1. The molecule has 98 valence electrons. The number of nitrogens with zero attached hydrogens (tertiary/aromatic N) is 2. The van der Waals surface area contributed by atoms with Crippen molar-refractivity contribution in [2.75, 3.05) is 33.4 Å². The molecule has 0 aromatic rings. The van der Waals surface area contributed by atoms with Crippen LogP contribution in [0.1, 0.15) is 19.8 Å². The van der Waals surface area contributed by atoms with Crippen LogP contribution in [0.4, 0.5) is 4.79 Å². The second-order valence-corrected chi connectivity index (χ2v) is 4.11. The molecule has 0 bridgehead atoms. The predicted octanol–water partition coefficient (Wildman–Crippen LogP) is 0.624. The first-order valence-electron chi connectivity index (χ1n) is 5.86. The van der Waals surface area contributed by atoms with Gasteiger partial charge in [0, 0.05) is 26.2 Å². The molecule has 1 saturated carbocycles. The average Bonchev–Trinajstić information content (AvgIpc) is 3.09. The van der Waals surface area contributed by atoms with Gasteiger partial charge in [-0.15, -0.1) is 0 Å². The summed E-state index contributed by atoms with van der Waals surface area (Å²) in [5.41, 5.74) is 0. The Morgan fingerprint density at radius 3 is 2.47 bits per heavy atom. The maximum atomic E-state index is 12.1. The van der Waals surface area contributed by atoms with Gasteiger partial charge in [0.15, 0.2) is 0 Å². The lowest BCUT2D eigenvalue weighted by Crippen LogP contribution is -2.47. The summed E-state index contributed by atoms with van der Waals surface area (Å²) >= 11 is 0. The van der Waals surface area contributed by atoms with E-state index >= 15 is 0 Å². The van der Waals surface area contributed by atoms with Crippen molar-refractivity contribution in [3.8, 4) is 0 Å². The third-order valence-electron chi connectivity index (χ3n) is 2.74. The van der Waals surface area contributed by atoms with Gasteiger partial charge in [-0.2, -0.15) is 0 Å². The van der Waals surface area contributed by atoms with Gasteiger partial charge < -0.3 is 19.6 Å². The number of aliphatic carboxylic acids is 1. The highest BCUT2D eigenvalue weighted by molar-refractivity contribution is 5.80. The fraction of sp³-hybridized carbons (Fsp3) is 0.818. The fourth-order valence-electron chi connectivity index (χ4n) is 1.72. The largest absolute Gasteiger partial charge is 0.480 e. The Bertz CT molecular complexity index is 279. The van der Waals surface area contributed by atoms with Crippen molar-refractivity contribution >= 4 is 12.0 Å². The molecule has 0 heterocycles. The summed E-state index contributed by atoms with van der Waals surface area (Å²) in [4.78, 5) is 25.9. The van der Waals surface area contributed by atoms with E-state index in [0.717, 1.165) is 12.8 Å². The van der Waals surface area contributed by atoms with E-state index in [1.807, 2.05) is 6.92 Å². The molecule has 0 aromatic carbocycles. The molecule has 1 fully saturated rings. The minimum absolute atomic E-state index is 0.200. The summed E-state index contributed by atoms with van der Waals surface area (Å²) < 4.78 is 4.89. The van der Waals surface area contributed by atoms with Crippen LogP contribution in [0.3, 0.4) is 0 Å². The number of carboxylic acids is 1. The van der Waals surface area contributed by atoms with Gasteiger partial charge in [-0.1, -0.05) is 0 Å². The van der Waals surface area contributed by atoms with Crippen molar-refractivity contribution in [2.24, 2.45) is 0 Å². The minimum atomic E-state index is -0.999. The van der Waals surface area contributed by atoms with Crippen molar-refractivity contribution in [1.82, 2.24) is 9.80 Å². The number of hydrogen-bond acceptors (Lipinski definition) is 3. The van der Waals surface area contributed by atoms with E-state index in [1.165, 1.54) is 12.0 Å². The summed E-state index contributed by atoms with van der Waals surface area (Å²) in [6.07, 6.45) is 2.04. The second kappa shape index (κ2) is 6.44. The maximum Gasteiger partial charge on any atom is 0.323 e. The van der Waals surface area contributed by atoms with Gasteiger partial charge in [0.25, 0.3) is 0 Å². The molecule has 0 saturated heterocycles. The predicted molar refractivity (Wildman–Crippen MR) is 61.9 cm³/mol. The molecule has 6 heteroatoms. The van der Waals surface area contributed by atoms with E-state index in [2.05, 4.69) is 0 Å². The SMILES string of the molecule is CCN(C(=O)N(CCOC)CC(=O)O)C1CC1. The summed E-state index contributed by atoms with van der Waals surface area (Å²) in [6, 6.07) is 0.0980. The molecule has 0 atom stereocenters. The van der Waals surface area contributed by atoms with Crippen molar-refractivity contribution < 1.29 is 19.4 Å². The Hall–Kier alpha value is -1.30. The van der Waals surface area contributed by atoms with E-state index < -0.39 is 5.97 Å². The Morgan fingerprint density at radius 1 is 1.41 bits per heavy atom. The number of carboxylic acid groups (broad SMARTS) is 1. The number of hydrogen-bond donors (Lipinski definition) is 1. The van der Waals surface area contributed by atoms with Crippen molar-refractivity contribution in [2.45, 2.75) is 25.8 Å². The normalized spacial score (nSPS) is 14.5. The monoisotopic (exact) mass is 244 g/mol. The molecule has 0 spiro atoms. The summed E-state index contributed by atoms with van der Waals surface area (Å²) in [5, 5.41) is 8.79. The topological polar surface area (TPSA) is 70.1 Å². The lowest BCUT2D eigenvalue weighted by atomic mass is 10.4. The first kappa shape index (κ1) is 13.8. The molecule has 0 radical (unpaired) electrons. The minimum Gasteiger partial charge on any atom is -0.480 e. The van der Waals surface area contributed by atoms with Gasteiger partial charge >= 0.3 is 12.0 Å². The zero-order valence-corrected chi connectivity index (χ0v) is 10.4. The summed E-state index contributed by atoms with van der Waals surface area (Å²) in [5.74, 6) is -0.999. The van der Waals surface area contributed by atoms with Gasteiger partial charge in [0.2, 0.25) is 0 Å². The van der Waals surface area contributed by atoms with Gasteiger partial charge in [-0.25, -0.2) is 4.79 Å². The standard InChI is InChI=1S/C11H20N2O4/c1-3-13(9-4-5-9)11(16)12(6-7-17-2)8-10(14)15/h9H,3-8H2,1-2H3,(H,14,15).